The van der Waals surface area contributed by atoms with E-state index < -0.39 is 23.7 Å². The highest BCUT2D eigenvalue weighted by atomic mass is 35.5. The van der Waals surface area contributed by atoms with Crippen molar-refractivity contribution in [1.29, 1.82) is 0 Å². The van der Waals surface area contributed by atoms with Gasteiger partial charge in [-0.25, -0.2) is 9.18 Å². The first-order chi connectivity index (χ1) is 10.5. The van der Waals surface area contributed by atoms with Crippen molar-refractivity contribution in [3.05, 3.63) is 29.0 Å². The minimum Gasteiger partial charge on any atom is -0.431 e. The van der Waals surface area contributed by atoms with E-state index in [9.17, 15) is 22.4 Å². The van der Waals surface area contributed by atoms with Crippen molar-refractivity contribution in [1.82, 2.24) is 4.90 Å². The van der Waals surface area contributed by atoms with Crippen molar-refractivity contribution in [2.45, 2.75) is 18.8 Å². The number of benzene rings is 1. The monoisotopic (exact) mass is 354 g/mol. The molecule has 0 N–H and O–H groups in total. The van der Waals surface area contributed by atoms with E-state index in [-0.39, 0.29) is 23.8 Å². The highest BCUT2D eigenvalue weighted by Crippen LogP contribution is 2.34. The molecule has 9 heteroatoms. The first-order valence-corrected chi connectivity index (χ1v) is 7.12. The molecule has 1 aliphatic rings. The lowest BCUT2D eigenvalue weighted by molar-refractivity contribution is -0.215. The van der Waals surface area contributed by atoms with E-state index in [0.29, 0.717) is 6.54 Å². The number of alkyl halides is 3. The van der Waals surface area contributed by atoms with Gasteiger partial charge in [0.05, 0.1) is 12.2 Å². The fraction of sp³-hybridized carbons (Fsp3) is 0.500. The van der Waals surface area contributed by atoms with Crippen LogP contribution in [0.2, 0.25) is 5.02 Å². The van der Waals surface area contributed by atoms with Gasteiger partial charge in [0, 0.05) is 18.1 Å². The fourth-order valence-corrected chi connectivity index (χ4v) is 2.75. The Hall–Kier alpha value is -1.54. The smallest absolute Gasteiger partial charge is 0.431 e. The van der Waals surface area contributed by atoms with Crippen LogP contribution in [0, 0.1) is 5.82 Å². The Morgan fingerprint density at radius 1 is 1.35 bits per heavy atom. The van der Waals surface area contributed by atoms with Gasteiger partial charge in [0.1, 0.15) is 5.82 Å². The van der Waals surface area contributed by atoms with Crippen LogP contribution in [0.1, 0.15) is 6.92 Å². The highest BCUT2D eigenvalue weighted by Gasteiger charge is 2.49. The lowest BCUT2D eigenvalue weighted by Gasteiger charge is -2.48. The van der Waals surface area contributed by atoms with Gasteiger partial charge in [0.15, 0.2) is 5.72 Å². The molecule has 1 fully saturated rings. The van der Waals surface area contributed by atoms with Crippen LogP contribution in [-0.4, -0.2) is 49.5 Å². The third kappa shape index (κ3) is 3.87. The summed E-state index contributed by atoms with van der Waals surface area (Å²) in [6.45, 7) is 1.94. The molecule has 1 saturated heterocycles. The number of ether oxygens (including phenoxy) is 1. The van der Waals surface area contributed by atoms with Crippen molar-refractivity contribution in [3.63, 3.8) is 0 Å². The average Bonchev–Trinajstić information content (AvgIpc) is 2.40. The maximum Gasteiger partial charge on any atom is 0.491 e. The van der Waals surface area contributed by atoms with Crippen molar-refractivity contribution < 1.29 is 27.1 Å². The molecule has 0 aromatic heterocycles. The Kier molecular flexibility index (Phi) is 4.77. The van der Waals surface area contributed by atoms with Crippen molar-refractivity contribution >= 4 is 23.3 Å². The van der Waals surface area contributed by atoms with E-state index in [1.165, 1.54) is 24.0 Å². The average molecular weight is 355 g/mol. The zero-order valence-electron chi connectivity index (χ0n) is 12.5. The SMILES string of the molecule is CN1CCN(c2cc(Cl)ccc2F)[C@](C)(OC(=O)C(F)(F)F)C1. The zero-order valence-corrected chi connectivity index (χ0v) is 13.2. The summed E-state index contributed by atoms with van der Waals surface area (Å²) in [6, 6.07) is 3.74. The lowest BCUT2D eigenvalue weighted by atomic mass is 10.1. The van der Waals surface area contributed by atoms with Crippen LogP contribution in [0.15, 0.2) is 18.2 Å². The molecule has 2 rings (SSSR count). The van der Waals surface area contributed by atoms with Crippen LogP contribution in [0.3, 0.4) is 0 Å². The van der Waals surface area contributed by atoms with Gasteiger partial charge in [-0.15, -0.1) is 0 Å². The molecule has 1 heterocycles. The summed E-state index contributed by atoms with van der Waals surface area (Å²) in [4.78, 5) is 14.2. The van der Waals surface area contributed by atoms with Crippen LogP contribution in [0.5, 0.6) is 0 Å². The van der Waals surface area contributed by atoms with Crippen LogP contribution >= 0.6 is 11.6 Å². The predicted molar refractivity (Wildman–Crippen MR) is 76.8 cm³/mol. The molecule has 1 aliphatic heterocycles. The first kappa shape index (κ1) is 17.8. The number of carbonyl (C=O) groups excluding carboxylic acids is 1. The second kappa shape index (κ2) is 6.16. The quantitative estimate of drug-likeness (QED) is 0.603. The van der Waals surface area contributed by atoms with E-state index in [1.54, 1.807) is 11.9 Å². The Balaban J connectivity index is 2.39. The maximum atomic E-state index is 14.1. The number of piperazine rings is 1. The molecule has 0 amide bonds. The van der Waals surface area contributed by atoms with Gasteiger partial charge in [0.25, 0.3) is 0 Å². The van der Waals surface area contributed by atoms with E-state index in [4.69, 9.17) is 11.6 Å². The molecule has 0 radical (unpaired) electrons. The molecule has 1 aromatic rings. The first-order valence-electron chi connectivity index (χ1n) is 6.74. The van der Waals surface area contributed by atoms with Crippen LogP contribution in [-0.2, 0) is 9.53 Å². The number of likely N-dealkylation sites (N-methyl/N-ethyl adjacent to an activating group) is 1. The largest absolute Gasteiger partial charge is 0.491 e. The number of esters is 1. The minimum absolute atomic E-state index is 0.0110. The Bertz CT molecular complexity index is 611. The van der Waals surface area contributed by atoms with Gasteiger partial charge >= 0.3 is 12.1 Å². The summed E-state index contributed by atoms with van der Waals surface area (Å²) in [6.07, 6.45) is -5.13. The summed E-state index contributed by atoms with van der Waals surface area (Å²) < 4.78 is 56.4. The second-order valence-electron chi connectivity index (χ2n) is 5.55. The molecule has 0 bridgehead atoms. The fourth-order valence-electron chi connectivity index (χ4n) is 2.59. The molecule has 23 heavy (non-hydrogen) atoms. The van der Waals surface area contributed by atoms with Crippen LogP contribution in [0.25, 0.3) is 0 Å². The Labute approximate surface area is 135 Å². The molecule has 4 nitrogen and oxygen atoms in total. The second-order valence-corrected chi connectivity index (χ2v) is 5.98. The van der Waals surface area contributed by atoms with Gasteiger partial charge < -0.3 is 9.64 Å². The summed E-state index contributed by atoms with van der Waals surface area (Å²) in [7, 11) is 1.67. The molecule has 1 aromatic carbocycles. The normalized spacial score (nSPS) is 23.0. The lowest BCUT2D eigenvalue weighted by Crippen LogP contribution is -2.63. The minimum atomic E-state index is -5.13. The number of hydrogen-bond acceptors (Lipinski definition) is 4. The zero-order chi connectivity index (χ0) is 17.4. The topological polar surface area (TPSA) is 32.8 Å². The van der Waals surface area contributed by atoms with Gasteiger partial charge in [-0.2, -0.15) is 13.2 Å². The summed E-state index contributed by atoms with van der Waals surface area (Å²) >= 11 is 5.84. The van der Waals surface area contributed by atoms with E-state index in [0.717, 1.165) is 6.07 Å². The van der Waals surface area contributed by atoms with E-state index in [2.05, 4.69) is 4.74 Å². The predicted octanol–water partition coefficient (Wildman–Crippen LogP) is 3.05. The van der Waals surface area contributed by atoms with Crippen molar-refractivity contribution in [2.75, 3.05) is 31.6 Å². The van der Waals surface area contributed by atoms with Gasteiger partial charge in [-0.05, 0) is 32.2 Å². The molecule has 0 saturated carbocycles. The van der Waals surface area contributed by atoms with E-state index in [1.807, 2.05) is 0 Å². The van der Waals surface area contributed by atoms with Crippen molar-refractivity contribution in [3.8, 4) is 0 Å². The number of halogens is 5. The van der Waals surface area contributed by atoms with Gasteiger partial charge in [0.2, 0.25) is 0 Å². The van der Waals surface area contributed by atoms with Crippen LogP contribution < -0.4 is 4.90 Å². The molecule has 0 aliphatic carbocycles. The third-order valence-corrected chi connectivity index (χ3v) is 3.82. The third-order valence-electron chi connectivity index (χ3n) is 3.58. The molecular weight excluding hydrogens is 340 g/mol. The highest BCUT2D eigenvalue weighted by molar-refractivity contribution is 6.30. The molecule has 0 spiro atoms. The Morgan fingerprint density at radius 2 is 2.00 bits per heavy atom. The molecular formula is C14H15ClF4N2O2. The summed E-state index contributed by atoms with van der Waals surface area (Å²) in [5, 5.41) is 0.227. The standard InChI is InChI=1S/C14H15ClF4N2O2/c1-13(23-12(22)14(17,18)19)8-20(2)5-6-21(13)11-7-9(15)3-4-10(11)16/h3-4,7H,5-6,8H2,1-2H3/t13-/m1/s1. The van der Waals surface area contributed by atoms with Gasteiger partial charge in [-0.3, -0.25) is 4.90 Å². The maximum absolute atomic E-state index is 14.1. The number of carbonyl (C=O) groups is 1. The number of nitrogens with zero attached hydrogens (tertiary/aromatic N) is 2. The molecule has 1 atom stereocenters. The number of hydrogen-bond donors (Lipinski definition) is 0. The van der Waals surface area contributed by atoms with E-state index >= 15 is 0 Å². The molecule has 128 valence electrons. The van der Waals surface area contributed by atoms with Gasteiger partial charge in [-0.1, -0.05) is 11.6 Å². The van der Waals surface area contributed by atoms with Crippen LogP contribution in [0.4, 0.5) is 23.2 Å². The Morgan fingerprint density at radius 3 is 2.61 bits per heavy atom. The molecule has 0 unspecified atom stereocenters. The van der Waals surface area contributed by atoms with Crippen molar-refractivity contribution in [2.24, 2.45) is 0 Å². The number of rotatable bonds is 2. The summed E-state index contributed by atoms with van der Waals surface area (Å²) in [5.41, 5.74) is -1.69. The number of anilines is 1. The summed E-state index contributed by atoms with van der Waals surface area (Å²) in [5.74, 6) is -2.98.